The minimum atomic E-state index is -0.207. The van der Waals surface area contributed by atoms with Gasteiger partial charge in [0.2, 0.25) is 5.91 Å². The van der Waals surface area contributed by atoms with E-state index in [9.17, 15) is 9.59 Å². The van der Waals surface area contributed by atoms with E-state index >= 15 is 0 Å². The molecule has 3 N–H and O–H groups in total. The predicted octanol–water partition coefficient (Wildman–Crippen LogP) is 3.29. The van der Waals surface area contributed by atoms with Crippen LogP contribution in [-0.2, 0) is 4.79 Å². The Labute approximate surface area is 160 Å². The lowest BCUT2D eigenvalue weighted by atomic mass is 10.1. The summed E-state index contributed by atoms with van der Waals surface area (Å²) >= 11 is 0. The topological polar surface area (TPSA) is 81.4 Å². The Balaban J connectivity index is 0.00000338. The van der Waals surface area contributed by atoms with Gasteiger partial charge in [-0.15, -0.1) is 12.4 Å². The lowest BCUT2D eigenvalue weighted by molar-refractivity contribution is -0.121. The number of carbonyl (C=O) groups is 2. The fourth-order valence-corrected chi connectivity index (χ4v) is 2.34. The maximum atomic E-state index is 11.9. The zero-order chi connectivity index (χ0) is 18.1. The van der Waals surface area contributed by atoms with Crippen molar-refractivity contribution < 1.29 is 14.3 Å². The molecule has 26 heavy (non-hydrogen) atoms. The highest BCUT2D eigenvalue weighted by Crippen LogP contribution is 2.13. The largest absolute Gasteiger partial charge is 0.494 e. The first-order chi connectivity index (χ1) is 12.1. The molecule has 0 fully saturated rings. The van der Waals surface area contributed by atoms with Crippen LogP contribution in [0.25, 0.3) is 0 Å². The second-order valence-corrected chi connectivity index (χ2v) is 5.85. The minimum Gasteiger partial charge on any atom is -0.494 e. The molecule has 0 aromatic heterocycles. The number of ether oxygens (including phenoxy) is 1. The van der Waals surface area contributed by atoms with Crippen LogP contribution in [0.3, 0.4) is 0 Å². The lowest BCUT2D eigenvalue weighted by Crippen LogP contribution is -2.31. The Kier molecular flexibility index (Phi) is 9.41. The fraction of sp³-hybridized carbons (Fsp3) is 0.300. The van der Waals surface area contributed by atoms with Crippen LogP contribution < -0.4 is 15.8 Å². The maximum Gasteiger partial charge on any atom is 0.220 e. The van der Waals surface area contributed by atoms with Gasteiger partial charge in [0.05, 0.1) is 6.61 Å². The molecule has 2 rings (SSSR count). The van der Waals surface area contributed by atoms with Gasteiger partial charge >= 0.3 is 0 Å². The molecule has 0 bridgehead atoms. The number of amides is 1. The molecule has 5 nitrogen and oxygen atoms in total. The molecule has 1 atom stereocenters. The van der Waals surface area contributed by atoms with Gasteiger partial charge in [-0.1, -0.05) is 30.3 Å². The summed E-state index contributed by atoms with van der Waals surface area (Å²) in [4.78, 5) is 23.0. The number of halogens is 1. The standard InChI is InChI=1S/C20H24N2O3.ClH/c1-15(23)16-9-11-18(12-10-16)25-13-5-8-20(24)22-14-19(21)17-6-3-2-4-7-17;/h2-4,6-7,9-12,19H,5,8,13-14,21H2,1H3,(H,22,24);1H. The monoisotopic (exact) mass is 376 g/mol. The summed E-state index contributed by atoms with van der Waals surface area (Å²) in [5.41, 5.74) is 7.70. The molecule has 0 radical (unpaired) electrons. The zero-order valence-corrected chi connectivity index (χ0v) is 15.6. The van der Waals surface area contributed by atoms with Gasteiger partial charge < -0.3 is 15.8 Å². The van der Waals surface area contributed by atoms with Crippen molar-refractivity contribution in [2.75, 3.05) is 13.2 Å². The van der Waals surface area contributed by atoms with Crippen LogP contribution >= 0.6 is 12.4 Å². The van der Waals surface area contributed by atoms with Crippen molar-refractivity contribution in [3.05, 3.63) is 65.7 Å². The Morgan fingerprint density at radius 3 is 2.35 bits per heavy atom. The van der Waals surface area contributed by atoms with Crippen molar-refractivity contribution in [3.8, 4) is 5.75 Å². The van der Waals surface area contributed by atoms with Gasteiger partial charge in [-0.25, -0.2) is 0 Å². The van der Waals surface area contributed by atoms with Crippen molar-refractivity contribution >= 4 is 24.1 Å². The van der Waals surface area contributed by atoms with Crippen molar-refractivity contribution in [2.24, 2.45) is 5.73 Å². The predicted molar refractivity (Wildman–Crippen MR) is 105 cm³/mol. The number of rotatable bonds is 9. The van der Waals surface area contributed by atoms with E-state index in [0.29, 0.717) is 37.3 Å². The Morgan fingerprint density at radius 1 is 1.08 bits per heavy atom. The average Bonchev–Trinajstić information content (AvgIpc) is 2.64. The third-order valence-electron chi connectivity index (χ3n) is 3.82. The fourth-order valence-electron chi connectivity index (χ4n) is 2.34. The molecule has 1 amide bonds. The molecule has 2 aromatic rings. The zero-order valence-electron chi connectivity index (χ0n) is 14.8. The normalized spacial score (nSPS) is 11.2. The second kappa shape index (κ2) is 11.3. The molecule has 0 spiro atoms. The molecule has 6 heteroatoms. The van der Waals surface area contributed by atoms with Crippen molar-refractivity contribution in [3.63, 3.8) is 0 Å². The molecule has 0 aliphatic carbocycles. The molecular formula is C20H25ClN2O3. The summed E-state index contributed by atoms with van der Waals surface area (Å²) < 4.78 is 5.57. The van der Waals surface area contributed by atoms with Gasteiger partial charge in [0.25, 0.3) is 0 Å². The van der Waals surface area contributed by atoms with Crippen LogP contribution in [-0.4, -0.2) is 24.8 Å². The summed E-state index contributed by atoms with van der Waals surface area (Å²) in [6.45, 7) is 2.38. The van der Waals surface area contributed by atoms with Gasteiger partial charge in [0.1, 0.15) is 5.75 Å². The van der Waals surface area contributed by atoms with Gasteiger partial charge in [-0.05, 0) is 43.2 Å². The van der Waals surface area contributed by atoms with E-state index in [1.165, 1.54) is 6.92 Å². The summed E-state index contributed by atoms with van der Waals surface area (Å²) in [6.07, 6.45) is 0.994. The first-order valence-electron chi connectivity index (χ1n) is 8.37. The highest BCUT2D eigenvalue weighted by atomic mass is 35.5. The van der Waals surface area contributed by atoms with Crippen LogP contribution in [0.15, 0.2) is 54.6 Å². The Morgan fingerprint density at radius 2 is 1.73 bits per heavy atom. The highest BCUT2D eigenvalue weighted by molar-refractivity contribution is 5.94. The molecule has 0 aliphatic rings. The number of ketones is 1. The van der Waals surface area contributed by atoms with Gasteiger partial charge in [-0.2, -0.15) is 0 Å². The molecule has 0 saturated carbocycles. The number of benzene rings is 2. The van der Waals surface area contributed by atoms with E-state index < -0.39 is 0 Å². The number of hydrogen-bond donors (Lipinski definition) is 2. The number of carbonyl (C=O) groups excluding carboxylic acids is 2. The van der Waals surface area contributed by atoms with E-state index in [4.69, 9.17) is 10.5 Å². The van der Waals surface area contributed by atoms with Gasteiger partial charge in [0, 0.05) is 24.6 Å². The smallest absolute Gasteiger partial charge is 0.220 e. The molecule has 0 heterocycles. The first-order valence-corrected chi connectivity index (χ1v) is 8.37. The maximum absolute atomic E-state index is 11.9. The highest BCUT2D eigenvalue weighted by Gasteiger charge is 2.08. The third-order valence-corrected chi connectivity index (χ3v) is 3.82. The van der Waals surface area contributed by atoms with E-state index in [0.717, 1.165) is 5.56 Å². The molecule has 140 valence electrons. The van der Waals surface area contributed by atoms with Crippen molar-refractivity contribution in [1.82, 2.24) is 5.32 Å². The molecule has 1 unspecified atom stereocenters. The molecule has 0 saturated heterocycles. The quantitative estimate of drug-likeness (QED) is 0.519. The molecule has 0 aliphatic heterocycles. The number of nitrogens with two attached hydrogens (primary N) is 1. The van der Waals surface area contributed by atoms with E-state index in [1.807, 2.05) is 30.3 Å². The van der Waals surface area contributed by atoms with Crippen LogP contribution in [0.2, 0.25) is 0 Å². The van der Waals surface area contributed by atoms with Crippen LogP contribution in [0, 0.1) is 0 Å². The summed E-state index contributed by atoms with van der Waals surface area (Å²) in [5.74, 6) is 0.676. The Hall–Kier alpha value is -2.37. The van der Waals surface area contributed by atoms with Crippen LogP contribution in [0.1, 0.15) is 41.7 Å². The SMILES string of the molecule is CC(=O)c1ccc(OCCCC(=O)NCC(N)c2ccccc2)cc1.Cl. The van der Waals surface area contributed by atoms with Crippen molar-refractivity contribution in [2.45, 2.75) is 25.8 Å². The summed E-state index contributed by atoms with van der Waals surface area (Å²) in [6, 6.07) is 16.5. The minimum absolute atomic E-state index is 0. The summed E-state index contributed by atoms with van der Waals surface area (Å²) in [5, 5.41) is 2.84. The number of Topliss-reactive ketones (excluding diaryl/α,β-unsaturated/α-hetero) is 1. The van der Waals surface area contributed by atoms with E-state index in [1.54, 1.807) is 24.3 Å². The van der Waals surface area contributed by atoms with Crippen molar-refractivity contribution in [1.29, 1.82) is 0 Å². The number of hydrogen-bond acceptors (Lipinski definition) is 4. The van der Waals surface area contributed by atoms with Crippen LogP contribution in [0.4, 0.5) is 0 Å². The van der Waals surface area contributed by atoms with E-state index in [2.05, 4.69) is 5.32 Å². The van der Waals surface area contributed by atoms with E-state index in [-0.39, 0.29) is 30.1 Å². The lowest BCUT2D eigenvalue weighted by Gasteiger charge is -2.13. The van der Waals surface area contributed by atoms with Gasteiger partial charge in [-0.3, -0.25) is 9.59 Å². The van der Waals surface area contributed by atoms with Gasteiger partial charge in [0.15, 0.2) is 5.78 Å². The Bertz CT molecular complexity index is 690. The number of nitrogens with one attached hydrogen (secondary N) is 1. The molecule has 2 aromatic carbocycles. The first kappa shape index (κ1) is 21.7. The second-order valence-electron chi connectivity index (χ2n) is 5.85. The third kappa shape index (κ3) is 7.25. The van der Waals surface area contributed by atoms with Crippen LogP contribution in [0.5, 0.6) is 5.75 Å². The average molecular weight is 377 g/mol. The summed E-state index contributed by atoms with van der Waals surface area (Å²) in [7, 11) is 0. The molecular weight excluding hydrogens is 352 g/mol.